The fourth-order valence-electron chi connectivity index (χ4n) is 3.53. The molecule has 6 nitrogen and oxygen atoms in total. The SMILES string of the molecule is COc1c(C)c2c(c(OC(=S)c3ccccc3)c1CC=C(C)CCC(=O)O)C(=O)OC2. The number of aliphatic carboxylic acids is 1. The molecule has 0 aromatic heterocycles. The van der Waals surface area contributed by atoms with Crippen LogP contribution in [0.25, 0.3) is 0 Å². The number of benzene rings is 2. The van der Waals surface area contributed by atoms with Gasteiger partial charge in [-0.3, -0.25) is 4.79 Å². The van der Waals surface area contributed by atoms with Crippen LogP contribution in [0, 0.1) is 6.92 Å². The van der Waals surface area contributed by atoms with Crippen LogP contribution in [0.15, 0.2) is 42.0 Å². The number of carboxylic acids is 1. The number of carbonyl (C=O) groups excluding carboxylic acids is 1. The van der Waals surface area contributed by atoms with Gasteiger partial charge in [-0.25, -0.2) is 4.79 Å². The standard InChI is InChI=1S/C24H24O6S/c1-14(10-12-19(25)26)9-11-17-21(28-3)15(2)18-13-29-23(27)20(18)22(17)30-24(31)16-7-5-4-6-8-16/h4-9H,10-13H2,1-3H3,(H,25,26). The highest BCUT2D eigenvalue weighted by Crippen LogP contribution is 2.43. The van der Waals surface area contributed by atoms with E-state index in [1.807, 2.05) is 50.3 Å². The second-order valence-electron chi connectivity index (χ2n) is 7.30. The normalized spacial score (nSPS) is 12.9. The predicted molar refractivity (Wildman–Crippen MR) is 120 cm³/mol. The molecule has 2 aromatic rings. The van der Waals surface area contributed by atoms with Gasteiger partial charge in [0, 0.05) is 23.1 Å². The molecule has 0 saturated carbocycles. The summed E-state index contributed by atoms with van der Waals surface area (Å²) in [4.78, 5) is 23.4. The van der Waals surface area contributed by atoms with Crippen LogP contribution in [0.4, 0.5) is 0 Å². The summed E-state index contributed by atoms with van der Waals surface area (Å²) in [5.74, 6) is -0.376. The minimum absolute atomic E-state index is 0.0520. The van der Waals surface area contributed by atoms with Crippen LogP contribution < -0.4 is 9.47 Å². The van der Waals surface area contributed by atoms with Gasteiger partial charge in [0.05, 0.1) is 7.11 Å². The van der Waals surface area contributed by atoms with Gasteiger partial charge >= 0.3 is 11.9 Å². The van der Waals surface area contributed by atoms with Crippen LogP contribution in [0.5, 0.6) is 11.5 Å². The van der Waals surface area contributed by atoms with Gasteiger partial charge < -0.3 is 19.3 Å². The van der Waals surface area contributed by atoms with Gasteiger partial charge in [0.1, 0.15) is 17.9 Å². The molecule has 0 atom stereocenters. The maximum Gasteiger partial charge on any atom is 0.342 e. The van der Waals surface area contributed by atoms with Gasteiger partial charge in [-0.2, -0.15) is 0 Å². The molecule has 0 bridgehead atoms. The summed E-state index contributed by atoms with van der Waals surface area (Å²) in [6.45, 7) is 3.90. The molecule has 0 spiro atoms. The average Bonchev–Trinajstić information content (AvgIpc) is 3.15. The first-order valence-electron chi connectivity index (χ1n) is 9.87. The van der Waals surface area contributed by atoms with E-state index in [1.165, 1.54) is 0 Å². The Labute approximate surface area is 186 Å². The smallest absolute Gasteiger partial charge is 0.342 e. The molecule has 0 amide bonds. The van der Waals surface area contributed by atoms with E-state index in [0.717, 1.165) is 22.3 Å². The molecule has 1 aliphatic heterocycles. The molecular weight excluding hydrogens is 416 g/mol. The first kappa shape index (κ1) is 22.5. The summed E-state index contributed by atoms with van der Waals surface area (Å²) in [7, 11) is 1.57. The quantitative estimate of drug-likeness (QED) is 0.359. The van der Waals surface area contributed by atoms with Gasteiger partial charge in [-0.05, 0) is 44.5 Å². The average molecular weight is 441 g/mol. The summed E-state index contributed by atoms with van der Waals surface area (Å²) in [5, 5.41) is 9.16. The topological polar surface area (TPSA) is 82.1 Å². The lowest BCUT2D eigenvalue weighted by molar-refractivity contribution is -0.136. The Morgan fingerprint density at radius 2 is 1.94 bits per heavy atom. The van der Waals surface area contributed by atoms with E-state index in [2.05, 4.69) is 0 Å². The predicted octanol–water partition coefficient (Wildman–Crippen LogP) is 4.78. The Morgan fingerprint density at radius 3 is 2.58 bits per heavy atom. The van der Waals surface area contributed by atoms with Crippen molar-refractivity contribution in [3.05, 3.63) is 69.8 Å². The maximum absolute atomic E-state index is 12.6. The molecule has 31 heavy (non-hydrogen) atoms. The number of hydrogen-bond acceptors (Lipinski definition) is 6. The molecular formula is C24H24O6S. The van der Waals surface area contributed by atoms with E-state index in [4.69, 9.17) is 31.5 Å². The Kier molecular flexibility index (Phi) is 7.07. The summed E-state index contributed by atoms with van der Waals surface area (Å²) < 4.78 is 17.1. The van der Waals surface area contributed by atoms with Gasteiger partial charge in [-0.15, -0.1) is 0 Å². The van der Waals surface area contributed by atoms with Crippen LogP contribution >= 0.6 is 12.2 Å². The highest BCUT2D eigenvalue weighted by atomic mass is 32.1. The summed E-state index contributed by atoms with van der Waals surface area (Å²) in [6, 6.07) is 9.26. The van der Waals surface area contributed by atoms with Crippen LogP contribution in [-0.2, 0) is 22.6 Å². The van der Waals surface area contributed by atoms with E-state index < -0.39 is 11.9 Å². The lowest BCUT2D eigenvalue weighted by Crippen LogP contribution is -2.13. The summed E-state index contributed by atoms with van der Waals surface area (Å²) in [5.41, 5.74) is 4.21. The van der Waals surface area contributed by atoms with Crippen LogP contribution in [-0.4, -0.2) is 29.2 Å². The highest BCUT2D eigenvalue weighted by Gasteiger charge is 2.33. The Bertz CT molecular complexity index is 1060. The van der Waals surface area contributed by atoms with Crippen molar-refractivity contribution < 1.29 is 28.9 Å². The summed E-state index contributed by atoms with van der Waals surface area (Å²) in [6.07, 6.45) is 2.80. The number of ether oxygens (including phenoxy) is 3. The minimum atomic E-state index is -0.848. The number of cyclic esters (lactones) is 1. The third-order valence-corrected chi connectivity index (χ3v) is 5.54. The Morgan fingerprint density at radius 1 is 1.23 bits per heavy atom. The number of hydrogen-bond donors (Lipinski definition) is 1. The molecule has 0 fully saturated rings. The number of rotatable bonds is 8. The number of allylic oxidation sites excluding steroid dienone is 2. The first-order valence-corrected chi connectivity index (χ1v) is 10.3. The number of methoxy groups -OCH3 is 1. The van der Waals surface area contributed by atoms with Crippen molar-refractivity contribution in [1.29, 1.82) is 0 Å². The van der Waals surface area contributed by atoms with Crippen molar-refractivity contribution in [2.75, 3.05) is 7.11 Å². The van der Waals surface area contributed by atoms with Crippen molar-refractivity contribution in [3.8, 4) is 11.5 Å². The number of esters is 1. The second-order valence-corrected chi connectivity index (χ2v) is 7.67. The number of carboxylic acid groups (broad SMARTS) is 1. The summed E-state index contributed by atoms with van der Waals surface area (Å²) >= 11 is 5.49. The molecule has 3 rings (SSSR count). The third kappa shape index (κ3) is 4.94. The van der Waals surface area contributed by atoms with Gasteiger partial charge in [0.25, 0.3) is 0 Å². The highest BCUT2D eigenvalue weighted by molar-refractivity contribution is 7.80. The van der Waals surface area contributed by atoms with Gasteiger partial charge in [0.15, 0.2) is 10.8 Å². The van der Waals surface area contributed by atoms with Crippen LogP contribution in [0.3, 0.4) is 0 Å². The van der Waals surface area contributed by atoms with Crippen molar-refractivity contribution in [1.82, 2.24) is 0 Å². The van der Waals surface area contributed by atoms with E-state index in [1.54, 1.807) is 7.11 Å². The molecule has 0 saturated heterocycles. The minimum Gasteiger partial charge on any atom is -0.496 e. The van der Waals surface area contributed by atoms with E-state index in [9.17, 15) is 9.59 Å². The second kappa shape index (κ2) is 9.75. The fraction of sp³-hybridized carbons (Fsp3) is 0.292. The van der Waals surface area contributed by atoms with Crippen molar-refractivity contribution in [2.45, 2.75) is 39.7 Å². The van der Waals surface area contributed by atoms with E-state index in [-0.39, 0.29) is 18.1 Å². The maximum atomic E-state index is 12.6. The molecule has 1 aliphatic rings. The molecule has 1 N–H and O–H groups in total. The molecule has 162 valence electrons. The van der Waals surface area contributed by atoms with Crippen LogP contribution in [0.2, 0.25) is 0 Å². The zero-order valence-electron chi connectivity index (χ0n) is 17.7. The Hall–Kier alpha value is -3.19. The molecule has 0 radical (unpaired) electrons. The van der Waals surface area contributed by atoms with Crippen molar-refractivity contribution >= 4 is 29.2 Å². The zero-order valence-corrected chi connectivity index (χ0v) is 18.5. The molecule has 7 heteroatoms. The first-order chi connectivity index (χ1) is 14.8. The Balaban J connectivity index is 2.07. The zero-order chi connectivity index (χ0) is 22.5. The largest absolute Gasteiger partial charge is 0.496 e. The molecule has 1 heterocycles. The monoisotopic (exact) mass is 440 g/mol. The fourth-order valence-corrected chi connectivity index (χ4v) is 3.75. The van der Waals surface area contributed by atoms with Gasteiger partial charge in [0.2, 0.25) is 0 Å². The van der Waals surface area contributed by atoms with Gasteiger partial charge in [-0.1, -0.05) is 42.0 Å². The van der Waals surface area contributed by atoms with Crippen LogP contribution in [0.1, 0.15) is 52.4 Å². The molecule has 0 aliphatic carbocycles. The number of fused-ring (bicyclic) bond motifs is 1. The van der Waals surface area contributed by atoms with E-state index >= 15 is 0 Å². The lowest BCUT2D eigenvalue weighted by atomic mass is 9.94. The van der Waals surface area contributed by atoms with E-state index in [0.29, 0.717) is 35.5 Å². The lowest BCUT2D eigenvalue weighted by Gasteiger charge is -2.19. The third-order valence-electron chi connectivity index (χ3n) is 5.22. The van der Waals surface area contributed by atoms with Crippen molar-refractivity contribution in [3.63, 3.8) is 0 Å². The molecule has 0 unspecified atom stereocenters. The number of carbonyl (C=O) groups is 2. The van der Waals surface area contributed by atoms with Crippen molar-refractivity contribution in [2.24, 2.45) is 0 Å². The molecule has 2 aromatic carbocycles. The number of thiocarbonyl (C=S) groups is 1.